The van der Waals surface area contributed by atoms with Gasteiger partial charge in [0.2, 0.25) is 0 Å². The molecule has 5 heteroatoms. The maximum absolute atomic E-state index is 9.41. The molecule has 0 aliphatic carbocycles. The highest BCUT2D eigenvalue weighted by atomic mass is 79.9. The van der Waals surface area contributed by atoms with Crippen molar-refractivity contribution in [1.82, 2.24) is 4.98 Å². The van der Waals surface area contributed by atoms with Crippen LogP contribution < -0.4 is 4.90 Å². The van der Waals surface area contributed by atoms with E-state index in [1.54, 1.807) is 24.5 Å². The van der Waals surface area contributed by atoms with Crippen LogP contribution in [-0.2, 0) is 6.54 Å². The van der Waals surface area contributed by atoms with E-state index in [1.807, 2.05) is 19.2 Å². The van der Waals surface area contributed by atoms with E-state index in [9.17, 15) is 5.11 Å². The van der Waals surface area contributed by atoms with Crippen LogP contribution in [0.3, 0.4) is 0 Å². The van der Waals surface area contributed by atoms with Gasteiger partial charge in [-0.05, 0) is 52.0 Å². The largest absolute Gasteiger partial charge is 0.387 e. The van der Waals surface area contributed by atoms with Crippen LogP contribution >= 0.6 is 27.3 Å². The molecule has 2 aromatic rings. The molecule has 0 unspecified atom stereocenters. The van der Waals surface area contributed by atoms with Crippen molar-refractivity contribution in [1.29, 1.82) is 0 Å². The highest BCUT2D eigenvalue weighted by Crippen LogP contribution is 2.23. The summed E-state index contributed by atoms with van der Waals surface area (Å²) in [6.07, 6.45) is 1.28. The van der Waals surface area contributed by atoms with E-state index >= 15 is 0 Å². The third kappa shape index (κ3) is 3.31. The Balaban J connectivity index is 2.06. The lowest BCUT2D eigenvalue weighted by Crippen LogP contribution is -2.16. The number of hydrogen-bond acceptors (Lipinski definition) is 4. The second-order valence-corrected chi connectivity index (χ2v) is 6.52. The highest BCUT2D eigenvalue weighted by Gasteiger charge is 2.06. The predicted molar refractivity (Wildman–Crippen MR) is 79.0 cm³/mol. The quantitative estimate of drug-likeness (QED) is 0.932. The Bertz CT molecular complexity index is 510. The van der Waals surface area contributed by atoms with Gasteiger partial charge in [0.25, 0.3) is 0 Å². The minimum Gasteiger partial charge on any atom is -0.387 e. The first-order chi connectivity index (χ1) is 8.56. The van der Waals surface area contributed by atoms with Crippen molar-refractivity contribution < 1.29 is 5.11 Å². The first-order valence-corrected chi connectivity index (χ1v) is 7.31. The van der Waals surface area contributed by atoms with Crippen molar-refractivity contribution in [3.05, 3.63) is 44.8 Å². The molecule has 0 spiro atoms. The van der Waals surface area contributed by atoms with Gasteiger partial charge in [0.05, 0.1) is 27.5 Å². The van der Waals surface area contributed by atoms with Crippen molar-refractivity contribution >= 4 is 33.0 Å². The molecule has 2 heterocycles. The van der Waals surface area contributed by atoms with Gasteiger partial charge in [-0.2, -0.15) is 0 Å². The molecule has 1 N–H and O–H groups in total. The van der Waals surface area contributed by atoms with E-state index in [1.165, 1.54) is 5.56 Å². The fourth-order valence-corrected chi connectivity index (χ4v) is 2.86. The molecular formula is C13H15BrN2OS. The zero-order valence-electron chi connectivity index (χ0n) is 10.3. The van der Waals surface area contributed by atoms with Gasteiger partial charge in [0.15, 0.2) is 0 Å². The molecule has 3 nitrogen and oxygen atoms in total. The molecule has 0 aliphatic heterocycles. The Labute approximate surface area is 119 Å². The molecule has 0 bridgehead atoms. The normalized spacial score (nSPS) is 12.4. The average Bonchev–Trinajstić information content (AvgIpc) is 2.75. The molecule has 2 rings (SSSR count). The zero-order valence-corrected chi connectivity index (χ0v) is 12.7. The number of hydrogen-bond donors (Lipinski definition) is 1. The predicted octanol–water partition coefficient (Wildman–Crippen LogP) is 3.60. The molecule has 0 saturated carbocycles. The van der Waals surface area contributed by atoms with Crippen molar-refractivity contribution in [3.8, 4) is 0 Å². The van der Waals surface area contributed by atoms with Gasteiger partial charge in [-0.3, -0.25) is 4.98 Å². The lowest BCUT2D eigenvalue weighted by molar-refractivity contribution is 0.194. The molecule has 0 radical (unpaired) electrons. The molecular weight excluding hydrogens is 312 g/mol. The Hall–Kier alpha value is -0.910. The first kappa shape index (κ1) is 13.5. The van der Waals surface area contributed by atoms with E-state index < -0.39 is 6.10 Å². The maximum atomic E-state index is 9.41. The van der Waals surface area contributed by atoms with Gasteiger partial charge in [0, 0.05) is 13.6 Å². The minimum absolute atomic E-state index is 0.516. The second kappa shape index (κ2) is 5.82. The number of nitrogens with zero attached hydrogens (tertiary/aromatic N) is 2. The number of aliphatic hydroxyl groups is 1. The van der Waals surface area contributed by atoms with Gasteiger partial charge in [-0.25, -0.2) is 0 Å². The molecule has 1 atom stereocenters. The van der Waals surface area contributed by atoms with E-state index in [0.29, 0.717) is 5.69 Å². The number of rotatable bonds is 4. The number of thiophene rings is 1. The highest BCUT2D eigenvalue weighted by molar-refractivity contribution is 9.11. The summed E-state index contributed by atoms with van der Waals surface area (Å²) in [6, 6.07) is 5.97. The van der Waals surface area contributed by atoms with E-state index in [-0.39, 0.29) is 0 Å². The summed E-state index contributed by atoms with van der Waals surface area (Å²) in [6.45, 7) is 2.56. The average molecular weight is 327 g/mol. The van der Waals surface area contributed by atoms with Crippen LogP contribution in [0.4, 0.5) is 5.69 Å². The van der Waals surface area contributed by atoms with Crippen LogP contribution in [0.2, 0.25) is 0 Å². The van der Waals surface area contributed by atoms with E-state index in [4.69, 9.17) is 0 Å². The number of aromatic nitrogens is 1. The summed E-state index contributed by atoms with van der Waals surface area (Å²) in [5.41, 5.74) is 3.01. The van der Waals surface area contributed by atoms with Gasteiger partial charge < -0.3 is 10.0 Å². The lowest BCUT2D eigenvalue weighted by atomic mass is 10.2. The number of aliphatic hydroxyl groups excluding tert-OH is 1. The summed E-state index contributed by atoms with van der Waals surface area (Å²) in [5, 5.41) is 11.5. The Morgan fingerprint density at radius 1 is 1.50 bits per heavy atom. The third-order valence-corrected chi connectivity index (χ3v) is 4.23. The van der Waals surface area contributed by atoms with Gasteiger partial charge >= 0.3 is 0 Å². The fourth-order valence-electron chi connectivity index (χ4n) is 1.66. The van der Waals surface area contributed by atoms with Crippen LogP contribution in [0.1, 0.15) is 24.3 Å². The van der Waals surface area contributed by atoms with Crippen LogP contribution in [0, 0.1) is 0 Å². The topological polar surface area (TPSA) is 36.4 Å². The number of anilines is 1. The monoisotopic (exact) mass is 326 g/mol. The molecule has 0 amide bonds. The molecule has 2 aromatic heterocycles. The molecule has 18 heavy (non-hydrogen) atoms. The molecule has 0 aromatic carbocycles. The van der Waals surface area contributed by atoms with Crippen LogP contribution in [0.15, 0.2) is 33.6 Å². The molecule has 0 aliphatic rings. The Morgan fingerprint density at radius 3 is 2.78 bits per heavy atom. The second-order valence-electron chi connectivity index (χ2n) is 4.23. The summed E-state index contributed by atoms with van der Waals surface area (Å²) < 4.78 is 1.15. The Kier molecular flexibility index (Phi) is 4.37. The van der Waals surface area contributed by atoms with Crippen LogP contribution in [-0.4, -0.2) is 17.1 Å². The van der Waals surface area contributed by atoms with E-state index in [2.05, 4.69) is 37.3 Å². The van der Waals surface area contributed by atoms with Gasteiger partial charge in [-0.15, -0.1) is 11.3 Å². The minimum atomic E-state index is -0.516. The van der Waals surface area contributed by atoms with E-state index in [0.717, 1.165) is 16.0 Å². The summed E-state index contributed by atoms with van der Waals surface area (Å²) in [4.78, 5) is 6.38. The summed E-state index contributed by atoms with van der Waals surface area (Å²) >= 11 is 5.15. The number of halogens is 1. The smallest absolute Gasteiger partial charge is 0.0931 e. The van der Waals surface area contributed by atoms with Crippen LogP contribution in [0.5, 0.6) is 0 Å². The third-order valence-electron chi connectivity index (χ3n) is 2.68. The van der Waals surface area contributed by atoms with Crippen molar-refractivity contribution in [3.63, 3.8) is 0 Å². The van der Waals surface area contributed by atoms with Crippen molar-refractivity contribution in [2.45, 2.75) is 19.6 Å². The Morgan fingerprint density at radius 2 is 2.28 bits per heavy atom. The maximum Gasteiger partial charge on any atom is 0.0931 e. The lowest BCUT2D eigenvalue weighted by Gasteiger charge is -2.18. The van der Waals surface area contributed by atoms with Gasteiger partial charge in [-0.1, -0.05) is 0 Å². The summed E-state index contributed by atoms with van der Waals surface area (Å²) in [7, 11) is 2.03. The SMILES string of the molecule is C[C@@H](O)c1ccc(N(C)Cc2csc(Br)c2)cn1. The molecule has 0 fully saturated rings. The molecule has 96 valence electrons. The van der Waals surface area contributed by atoms with Gasteiger partial charge in [0.1, 0.15) is 0 Å². The summed E-state index contributed by atoms with van der Waals surface area (Å²) in [5.74, 6) is 0. The zero-order chi connectivity index (χ0) is 13.1. The first-order valence-electron chi connectivity index (χ1n) is 5.64. The van der Waals surface area contributed by atoms with Crippen molar-refractivity contribution in [2.75, 3.05) is 11.9 Å². The van der Waals surface area contributed by atoms with Crippen molar-refractivity contribution in [2.24, 2.45) is 0 Å². The fraction of sp³-hybridized carbons (Fsp3) is 0.308. The molecule has 0 saturated heterocycles. The standard InChI is InChI=1S/C13H15BrN2OS/c1-9(17)12-4-3-11(6-15-12)16(2)7-10-5-13(14)18-8-10/h3-6,8-9,17H,7H2,1-2H3/t9-/m1/s1. The van der Waals surface area contributed by atoms with Crippen LogP contribution in [0.25, 0.3) is 0 Å². The number of pyridine rings is 1.